The largest absolute Gasteiger partial charge is 0.391 e. The van der Waals surface area contributed by atoms with Crippen molar-refractivity contribution in [1.82, 2.24) is 9.62 Å². The Bertz CT molecular complexity index is 529. The van der Waals surface area contributed by atoms with Crippen LogP contribution >= 0.6 is 27.3 Å². The van der Waals surface area contributed by atoms with Crippen LogP contribution in [-0.4, -0.2) is 44.6 Å². The third kappa shape index (κ3) is 3.12. The topological polar surface area (TPSA) is 69.6 Å². The van der Waals surface area contributed by atoms with Crippen molar-refractivity contribution >= 4 is 37.3 Å². The van der Waals surface area contributed by atoms with Crippen molar-refractivity contribution < 1.29 is 13.5 Å². The van der Waals surface area contributed by atoms with Crippen LogP contribution in [0.25, 0.3) is 0 Å². The van der Waals surface area contributed by atoms with Crippen molar-refractivity contribution in [3.63, 3.8) is 0 Å². The van der Waals surface area contributed by atoms with E-state index in [1.807, 2.05) is 7.05 Å². The molecule has 0 aliphatic carbocycles. The summed E-state index contributed by atoms with van der Waals surface area (Å²) in [6.07, 6.45) is 0.824. The molecule has 0 saturated carbocycles. The molecule has 0 amide bonds. The number of nitrogens with zero attached hydrogens (tertiary/aromatic N) is 1. The van der Waals surface area contributed by atoms with Gasteiger partial charge in [-0.1, -0.05) is 0 Å². The average Bonchev–Trinajstić information content (AvgIpc) is 2.84. The molecule has 0 aromatic carbocycles. The smallest absolute Gasteiger partial charge is 0.242 e. The predicted octanol–water partition coefficient (Wildman–Crippen LogP) is 0.985. The number of halogens is 1. The minimum Gasteiger partial charge on any atom is -0.391 e. The predicted molar refractivity (Wildman–Crippen MR) is 74.2 cm³/mol. The Balaban J connectivity index is 2.17. The summed E-state index contributed by atoms with van der Waals surface area (Å²) in [6, 6.07) is 1.47. The lowest BCUT2D eigenvalue weighted by Gasteiger charge is -2.12. The molecule has 102 valence electrons. The molecule has 18 heavy (non-hydrogen) atoms. The van der Waals surface area contributed by atoms with Crippen LogP contribution in [0.5, 0.6) is 0 Å². The van der Waals surface area contributed by atoms with Gasteiger partial charge in [0, 0.05) is 17.5 Å². The van der Waals surface area contributed by atoms with Gasteiger partial charge in [0.15, 0.2) is 0 Å². The van der Waals surface area contributed by atoms with Crippen LogP contribution in [0.3, 0.4) is 0 Å². The van der Waals surface area contributed by atoms with Gasteiger partial charge in [0.05, 0.1) is 10.4 Å². The van der Waals surface area contributed by atoms with E-state index in [9.17, 15) is 8.42 Å². The van der Waals surface area contributed by atoms with E-state index in [0.717, 1.165) is 19.5 Å². The highest BCUT2D eigenvalue weighted by atomic mass is 79.9. The number of likely N-dealkylation sites (N-methyl/N-ethyl adjacent to an activating group) is 1. The zero-order valence-electron chi connectivity index (χ0n) is 9.89. The molecule has 1 saturated heterocycles. The van der Waals surface area contributed by atoms with Crippen molar-refractivity contribution in [2.45, 2.75) is 24.0 Å². The van der Waals surface area contributed by atoms with Crippen molar-refractivity contribution in [3.8, 4) is 0 Å². The van der Waals surface area contributed by atoms with Crippen molar-refractivity contribution in [1.29, 1.82) is 0 Å². The van der Waals surface area contributed by atoms with Gasteiger partial charge in [-0.05, 0) is 42.0 Å². The average molecular weight is 355 g/mol. The van der Waals surface area contributed by atoms with Crippen LogP contribution in [0.1, 0.15) is 11.3 Å². The maximum atomic E-state index is 12.2. The fourth-order valence-corrected chi connectivity index (χ4v) is 5.78. The Morgan fingerprint density at radius 3 is 2.89 bits per heavy atom. The number of thiophene rings is 1. The van der Waals surface area contributed by atoms with Crippen LogP contribution in [-0.2, 0) is 16.6 Å². The number of hydrogen-bond acceptors (Lipinski definition) is 5. The number of hydrogen-bond donors (Lipinski definition) is 2. The van der Waals surface area contributed by atoms with Crippen LogP contribution in [0.2, 0.25) is 0 Å². The fraction of sp³-hybridized carbons (Fsp3) is 0.600. The normalized spacial score (nSPS) is 21.6. The van der Waals surface area contributed by atoms with Gasteiger partial charge in [-0.2, -0.15) is 0 Å². The summed E-state index contributed by atoms with van der Waals surface area (Å²) < 4.78 is 27.7. The number of rotatable bonds is 4. The van der Waals surface area contributed by atoms with Gasteiger partial charge < -0.3 is 10.0 Å². The molecule has 1 aromatic heterocycles. The summed E-state index contributed by atoms with van der Waals surface area (Å²) >= 11 is 4.47. The maximum absolute atomic E-state index is 12.2. The second-order valence-electron chi connectivity index (χ2n) is 4.38. The number of nitrogens with one attached hydrogen (secondary N) is 1. The van der Waals surface area contributed by atoms with E-state index in [2.05, 4.69) is 25.6 Å². The van der Waals surface area contributed by atoms with Gasteiger partial charge in [-0.3, -0.25) is 0 Å². The van der Waals surface area contributed by atoms with Gasteiger partial charge in [0.2, 0.25) is 10.0 Å². The summed E-state index contributed by atoms with van der Waals surface area (Å²) in [7, 11) is -1.54. The Kier molecular flexibility index (Phi) is 4.45. The quantitative estimate of drug-likeness (QED) is 0.845. The lowest BCUT2D eigenvalue weighted by Crippen LogP contribution is -2.36. The Labute approximate surface area is 119 Å². The zero-order valence-corrected chi connectivity index (χ0v) is 13.1. The molecule has 8 heteroatoms. The van der Waals surface area contributed by atoms with E-state index >= 15 is 0 Å². The van der Waals surface area contributed by atoms with E-state index in [1.165, 1.54) is 17.4 Å². The first-order valence-corrected chi connectivity index (χ1v) is 8.61. The summed E-state index contributed by atoms with van der Waals surface area (Å²) in [4.78, 5) is 2.94. The summed E-state index contributed by atoms with van der Waals surface area (Å²) in [5.74, 6) is 0. The number of aliphatic hydroxyl groups excluding tert-OH is 1. The molecule has 1 atom stereocenters. The summed E-state index contributed by atoms with van der Waals surface area (Å²) in [5.41, 5.74) is 0. The number of likely N-dealkylation sites (tertiary alicyclic amines) is 1. The summed E-state index contributed by atoms with van der Waals surface area (Å²) in [6.45, 7) is 1.48. The van der Waals surface area contributed by atoms with E-state index in [1.54, 1.807) is 0 Å². The van der Waals surface area contributed by atoms with E-state index in [0.29, 0.717) is 8.66 Å². The molecule has 2 N–H and O–H groups in total. The lowest BCUT2D eigenvalue weighted by molar-refractivity contribution is 0.285. The molecule has 1 fully saturated rings. The molecule has 1 aliphatic heterocycles. The first-order chi connectivity index (χ1) is 8.42. The van der Waals surface area contributed by atoms with Crippen LogP contribution < -0.4 is 4.72 Å². The molecule has 1 aromatic rings. The van der Waals surface area contributed by atoms with E-state index in [4.69, 9.17) is 5.11 Å². The van der Waals surface area contributed by atoms with E-state index < -0.39 is 10.0 Å². The van der Waals surface area contributed by atoms with Gasteiger partial charge in [-0.25, -0.2) is 13.1 Å². The minimum atomic E-state index is -3.51. The van der Waals surface area contributed by atoms with Gasteiger partial charge in [0.25, 0.3) is 0 Å². The molecule has 5 nitrogen and oxygen atoms in total. The highest BCUT2D eigenvalue weighted by Crippen LogP contribution is 2.32. The SMILES string of the molecule is CN1CCC(NS(=O)(=O)c2cc(CO)sc2Br)C1. The molecule has 0 radical (unpaired) electrons. The van der Waals surface area contributed by atoms with Crippen LogP contribution in [0, 0.1) is 0 Å². The highest BCUT2D eigenvalue weighted by Gasteiger charge is 2.27. The van der Waals surface area contributed by atoms with E-state index in [-0.39, 0.29) is 17.5 Å². The van der Waals surface area contributed by atoms with Crippen molar-refractivity contribution in [3.05, 3.63) is 14.7 Å². The zero-order chi connectivity index (χ0) is 13.3. The maximum Gasteiger partial charge on any atom is 0.242 e. The van der Waals surface area contributed by atoms with Crippen molar-refractivity contribution in [2.24, 2.45) is 0 Å². The van der Waals surface area contributed by atoms with Gasteiger partial charge in [-0.15, -0.1) is 11.3 Å². The van der Waals surface area contributed by atoms with Crippen LogP contribution in [0.15, 0.2) is 14.7 Å². The first kappa shape index (κ1) is 14.4. The van der Waals surface area contributed by atoms with Gasteiger partial charge in [0.1, 0.15) is 4.90 Å². The molecule has 0 spiro atoms. The van der Waals surface area contributed by atoms with Crippen molar-refractivity contribution in [2.75, 3.05) is 20.1 Å². The molecular formula is C10H15BrN2O3S2. The van der Waals surface area contributed by atoms with Gasteiger partial charge >= 0.3 is 0 Å². The Morgan fingerprint density at radius 1 is 1.67 bits per heavy atom. The fourth-order valence-electron chi connectivity index (χ4n) is 1.97. The second kappa shape index (κ2) is 5.56. The standard InChI is InChI=1S/C10H15BrN2O3S2/c1-13-3-2-7(5-13)12-18(15,16)9-4-8(6-14)17-10(9)11/h4,7,12,14H,2-3,5-6H2,1H3. The molecule has 2 rings (SSSR count). The first-order valence-electron chi connectivity index (χ1n) is 5.52. The Morgan fingerprint density at radius 2 is 2.39 bits per heavy atom. The third-order valence-corrected chi connectivity index (χ3v) is 6.62. The number of aliphatic hydroxyl groups is 1. The second-order valence-corrected chi connectivity index (χ2v) is 8.51. The molecule has 0 bridgehead atoms. The minimum absolute atomic E-state index is 0.0376. The third-order valence-electron chi connectivity index (χ3n) is 2.87. The molecule has 1 aliphatic rings. The highest BCUT2D eigenvalue weighted by molar-refractivity contribution is 9.11. The van der Waals surface area contributed by atoms with Crippen LogP contribution in [0.4, 0.5) is 0 Å². The number of sulfonamides is 1. The molecule has 1 unspecified atom stereocenters. The monoisotopic (exact) mass is 354 g/mol. The summed E-state index contributed by atoms with van der Waals surface area (Å²) in [5, 5.41) is 9.03. The Hall–Kier alpha value is 0.01000. The molecule has 2 heterocycles. The molecular weight excluding hydrogens is 340 g/mol. The lowest BCUT2D eigenvalue weighted by atomic mass is 10.3.